The number of aromatic amines is 1. The van der Waals surface area contributed by atoms with Crippen molar-refractivity contribution < 1.29 is 13.2 Å². The van der Waals surface area contributed by atoms with Crippen LogP contribution in [0.5, 0.6) is 0 Å². The lowest BCUT2D eigenvalue weighted by Gasteiger charge is -2.10. The van der Waals surface area contributed by atoms with Crippen molar-refractivity contribution in [1.29, 1.82) is 0 Å². The molecule has 1 aliphatic rings. The van der Waals surface area contributed by atoms with Crippen LogP contribution >= 0.6 is 0 Å². The van der Waals surface area contributed by atoms with Crippen molar-refractivity contribution in [2.75, 3.05) is 0 Å². The maximum Gasteiger partial charge on any atom is 0.416 e. The first-order valence-corrected chi connectivity index (χ1v) is 4.29. The van der Waals surface area contributed by atoms with Crippen LogP contribution in [0, 0.1) is 0 Å². The molecular weight excluding hydrogens is 195 g/mol. The van der Waals surface area contributed by atoms with Crippen molar-refractivity contribution in [3.63, 3.8) is 0 Å². The minimum Gasteiger partial charge on any atom is -0.329 e. The van der Waals surface area contributed by atoms with E-state index in [1.54, 1.807) is 0 Å². The third kappa shape index (κ3) is 1.54. The second kappa shape index (κ2) is 2.87. The zero-order valence-corrected chi connectivity index (χ0v) is 7.19. The highest BCUT2D eigenvalue weighted by Crippen LogP contribution is 2.43. The van der Waals surface area contributed by atoms with Gasteiger partial charge in [0, 0.05) is 11.8 Å². The molecule has 1 saturated carbocycles. The van der Waals surface area contributed by atoms with Crippen LogP contribution in [0.2, 0.25) is 0 Å². The summed E-state index contributed by atoms with van der Waals surface area (Å²) in [6, 6.07) is 0.926. The van der Waals surface area contributed by atoms with Crippen LogP contribution in [0.1, 0.15) is 29.9 Å². The van der Waals surface area contributed by atoms with E-state index >= 15 is 0 Å². The zero-order chi connectivity index (χ0) is 10.3. The van der Waals surface area contributed by atoms with E-state index in [2.05, 4.69) is 4.98 Å². The van der Waals surface area contributed by atoms with Crippen LogP contribution in [0.15, 0.2) is 17.1 Å². The molecule has 0 aromatic carbocycles. The predicted molar refractivity (Wildman–Crippen MR) is 44.0 cm³/mol. The topological polar surface area (TPSA) is 32.9 Å². The molecule has 1 aromatic rings. The van der Waals surface area contributed by atoms with E-state index in [0.717, 1.165) is 12.3 Å². The van der Waals surface area contributed by atoms with E-state index in [1.165, 1.54) is 0 Å². The molecule has 0 amide bonds. The number of H-pyrrole nitrogens is 1. The van der Waals surface area contributed by atoms with Gasteiger partial charge in [0.1, 0.15) is 0 Å². The summed E-state index contributed by atoms with van der Waals surface area (Å²) in [6.45, 7) is 0. The molecule has 76 valence electrons. The Hall–Kier alpha value is -1.26. The summed E-state index contributed by atoms with van der Waals surface area (Å²) in [5.41, 5.74) is -1.49. The van der Waals surface area contributed by atoms with Crippen LogP contribution in [0.3, 0.4) is 0 Å². The fourth-order valence-electron chi connectivity index (χ4n) is 1.52. The second-order valence-corrected chi connectivity index (χ2v) is 3.41. The largest absolute Gasteiger partial charge is 0.416 e. The Labute approximate surface area is 77.8 Å². The minimum absolute atomic E-state index is 0.0972. The van der Waals surface area contributed by atoms with E-state index in [9.17, 15) is 18.0 Å². The Kier molecular flexibility index (Phi) is 1.90. The van der Waals surface area contributed by atoms with Crippen LogP contribution < -0.4 is 5.56 Å². The molecule has 1 N–H and O–H groups in total. The molecule has 0 radical (unpaired) electrons. The highest BCUT2D eigenvalue weighted by Gasteiger charge is 2.39. The second-order valence-electron chi connectivity index (χ2n) is 3.41. The molecule has 0 atom stereocenters. The first-order valence-electron chi connectivity index (χ1n) is 4.29. The highest BCUT2D eigenvalue weighted by molar-refractivity contribution is 5.32. The molecule has 0 spiro atoms. The Bertz CT molecular complexity index is 403. The standard InChI is InChI=1S/C9H8F3NO/c10-9(11,12)6-3-4-13-8(14)7(6)5-1-2-5/h3-5H,1-2H2,(H,13,14). The van der Waals surface area contributed by atoms with Crippen molar-refractivity contribution in [2.45, 2.75) is 24.9 Å². The molecule has 0 saturated heterocycles. The summed E-state index contributed by atoms with van der Waals surface area (Å²) in [6.07, 6.45) is -2.03. The average molecular weight is 203 g/mol. The third-order valence-electron chi connectivity index (χ3n) is 2.29. The van der Waals surface area contributed by atoms with Gasteiger partial charge < -0.3 is 4.98 Å². The Balaban J connectivity index is 2.59. The molecule has 0 bridgehead atoms. The lowest BCUT2D eigenvalue weighted by Crippen LogP contribution is -2.19. The highest BCUT2D eigenvalue weighted by atomic mass is 19.4. The van der Waals surface area contributed by atoms with Gasteiger partial charge in [-0.15, -0.1) is 0 Å². The van der Waals surface area contributed by atoms with Gasteiger partial charge in [0.2, 0.25) is 0 Å². The molecule has 5 heteroatoms. The maximum atomic E-state index is 12.5. The summed E-state index contributed by atoms with van der Waals surface area (Å²) in [5, 5.41) is 0. The molecule has 1 heterocycles. The monoisotopic (exact) mass is 203 g/mol. The number of hydrogen-bond acceptors (Lipinski definition) is 1. The molecule has 2 rings (SSSR count). The van der Waals surface area contributed by atoms with Gasteiger partial charge in [-0.1, -0.05) is 0 Å². The lowest BCUT2D eigenvalue weighted by atomic mass is 10.1. The van der Waals surface area contributed by atoms with Crippen LogP contribution in [0.25, 0.3) is 0 Å². The quantitative estimate of drug-likeness (QED) is 0.746. The number of aromatic nitrogens is 1. The molecule has 14 heavy (non-hydrogen) atoms. The van der Waals surface area contributed by atoms with Gasteiger partial charge in [-0.05, 0) is 24.8 Å². The van der Waals surface area contributed by atoms with Crippen molar-refractivity contribution >= 4 is 0 Å². The predicted octanol–water partition coefficient (Wildman–Crippen LogP) is 2.27. The van der Waals surface area contributed by atoms with Gasteiger partial charge in [0.25, 0.3) is 5.56 Å². The van der Waals surface area contributed by atoms with E-state index < -0.39 is 17.3 Å². The molecule has 1 aromatic heterocycles. The van der Waals surface area contributed by atoms with E-state index in [0.29, 0.717) is 12.8 Å². The maximum absolute atomic E-state index is 12.5. The summed E-state index contributed by atoms with van der Waals surface area (Å²) in [5.74, 6) is -0.198. The Morgan fingerprint density at radius 1 is 1.36 bits per heavy atom. The summed E-state index contributed by atoms with van der Waals surface area (Å²) in [7, 11) is 0. The van der Waals surface area contributed by atoms with Crippen molar-refractivity contribution in [3.8, 4) is 0 Å². The van der Waals surface area contributed by atoms with Crippen molar-refractivity contribution in [2.24, 2.45) is 0 Å². The van der Waals surface area contributed by atoms with E-state index in [-0.39, 0.29) is 11.5 Å². The van der Waals surface area contributed by atoms with Gasteiger partial charge in [-0.25, -0.2) is 0 Å². The number of alkyl halides is 3. The van der Waals surface area contributed by atoms with Crippen LogP contribution in [0.4, 0.5) is 13.2 Å². The Morgan fingerprint density at radius 2 is 2.00 bits per heavy atom. The van der Waals surface area contributed by atoms with Gasteiger partial charge in [0.15, 0.2) is 0 Å². The van der Waals surface area contributed by atoms with E-state index in [4.69, 9.17) is 0 Å². The average Bonchev–Trinajstić information content (AvgIpc) is 2.85. The fourth-order valence-corrected chi connectivity index (χ4v) is 1.52. The lowest BCUT2D eigenvalue weighted by molar-refractivity contribution is -0.138. The number of nitrogens with one attached hydrogen (secondary N) is 1. The molecular formula is C9H8F3NO. The van der Waals surface area contributed by atoms with Gasteiger partial charge in [-0.3, -0.25) is 4.79 Å². The SMILES string of the molecule is O=c1[nH]ccc(C(F)(F)F)c1C1CC1. The van der Waals surface area contributed by atoms with Gasteiger partial charge >= 0.3 is 6.18 Å². The number of rotatable bonds is 1. The van der Waals surface area contributed by atoms with Crippen molar-refractivity contribution in [3.05, 3.63) is 33.7 Å². The van der Waals surface area contributed by atoms with E-state index in [1.807, 2.05) is 0 Å². The zero-order valence-electron chi connectivity index (χ0n) is 7.19. The molecule has 2 nitrogen and oxygen atoms in total. The number of halogens is 3. The van der Waals surface area contributed by atoms with Crippen LogP contribution in [-0.4, -0.2) is 4.98 Å². The minimum atomic E-state index is -4.42. The van der Waals surface area contributed by atoms with Crippen molar-refractivity contribution in [1.82, 2.24) is 4.98 Å². The van der Waals surface area contributed by atoms with Crippen LogP contribution in [-0.2, 0) is 6.18 Å². The summed E-state index contributed by atoms with van der Waals surface area (Å²) < 4.78 is 37.4. The normalized spacial score (nSPS) is 17.1. The first-order chi connectivity index (χ1) is 6.50. The van der Waals surface area contributed by atoms with Gasteiger partial charge in [0.05, 0.1) is 5.56 Å². The molecule has 1 aliphatic carbocycles. The Morgan fingerprint density at radius 3 is 2.50 bits per heavy atom. The number of hydrogen-bond donors (Lipinski definition) is 1. The smallest absolute Gasteiger partial charge is 0.329 e. The molecule has 0 aliphatic heterocycles. The summed E-state index contributed by atoms with van der Waals surface area (Å²) in [4.78, 5) is 13.5. The fraction of sp³-hybridized carbons (Fsp3) is 0.444. The molecule has 1 fully saturated rings. The molecule has 0 unspecified atom stereocenters. The first kappa shape index (κ1) is 9.30. The van der Waals surface area contributed by atoms with Gasteiger partial charge in [-0.2, -0.15) is 13.2 Å². The third-order valence-corrected chi connectivity index (χ3v) is 2.29. The summed E-state index contributed by atoms with van der Waals surface area (Å²) >= 11 is 0. The number of pyridine rings is 1.